The summed E-state index contributed by atoms with van der Waals surface area (Å²) >= 11 is 0. The fourth-order valence-electron chi connectivity index (χ4n) is 2.84. The molecule has 134 valence electrons. The van der Waals surface area contributed by atoms with Gasteiger partial charge in [0.1, 0.15) is 0 Å². The summed E-state index contributed by atoms with van der Waals surface area (Å²) in [5, 5.41) is 0. The van der Waals surface area contributed by atoms with Crippen molar-refractivity contribution >= 4 is 5.91 Å². The lowest BCUT2D eigenvalue weighted by atomic mass is 10.1. The number of benzene rings is 1. The standard InChI is InChI=1S/C17H24F3N3O/c1-13(21)11-16(24)23-8-2-7-22(9-10-23)12-14-3-5-15(6-4-14)17(18,19)20/h3-6,13H,2,7-12,21H2,1H3. The maximum atomic E-state index is 12.6. The van der Waals surface area contributed by atoms with E-state index in [0.717, 1.165) is 30.7 Å². The molecule has 0 saturated carbocycles. The second kappa shape index (κ2) is 7.98. The molecule has 1 heterocycles. The molecule has 1 saturated heterocycles. The normalized spacial score (nSPS) is 18.3. The molecule has 0 aliphatic carbocycles. The first-order valence-electron chi connectivity index (χ1n) is 8.17. The highest BCUT2D eigenvalue weighted by atomic mass is 19.4. The highest BCUT2D eigenvalue weighted by Gasteiger charge is 2.30. The quantitative estimate of drug-likeness (QED) is 0.914. The van der Waals surface area contributed by atoms with Gasteiger partial charge < -0.3 is 10.6 Å². The van der Waals surface area contributed by atoms with Gasteiger partial charge in [0.25, 0.3) is 0 Å². The molecule has 2 rings (SSSR count). The van der Waals surface area contributed by atoms with E-state index in [4.69, 9.17) is 5.73 Å². The summed E-state index contributed by atoms with van der Waals surface area (Å²) in [6.07, 6.45) is -3.10. The summed E-state index contributed by atoms with van der Waals surface area (Å²) in [5.41, 5.74) is 5.89. The Labute approximate surface area is 140 Å². The highest BCUT2D eigenvalue weighted by molar-refractivity contribution is 5.76. The molecule has 1 aliphatic rings. The number of carbonyl (C=O) groups excluding carboxylic acids is 1. The molecule has 1 fully saturated rings. The van der Waals surface area contributed by atoms with Crippen molar-refractivity contribution in [1.82, 2.24) is 9.80 Å². The topological polar surface area (TPSA) is 49.6 Å². The fraction of sp³-hybridized carbons (Fsp3) is 0.588. The van der Waals surface area contributed by atoms with E-state index in [1.165, 1.54) is 12.1 Å². The molecular formula is C17H24F3N3O. The van der Waals surface area contributed by atoms with Crippen molar-refractivity contribution in [3.8, 4) is 0 Å². The predicted molar refractivity (Wildman–Crippen MR) is 86.2 cm³/mol. The van der Waals surface area contributed by atoms with Crippen LogP contribution in [0.4, 0.5) is 13.2 Å². The maximum absolute atomic E-state index is 12.6. The van der Waals surface area contributed by atoms with Gasteiger partial charge in [-0.3, -0.25) is 9.69 Å². The monoisotopic (exact) mass is 343 g/mol. The van der Waals surface area contributed by atoms with Crippen LogP contribution in [0.1, 0.15) is 30.9 Å². The molecule has 0 spiro atoms. The number of hydrogen-bond donors (Lipinski definition) is 1. The number of halogens is 3. The van der Waals surface area contributed by atoms with Crippen molar-refractivity contribution in [3.05, 3.63) is 35.4 Å². The Morgan fingerprint density at radius 3 is 2.42 bits per heavy atom. The second-order valence-corrected chi connectivity index (χ2v) is 6.39. The second-order valence-electron chi connectivity index (χ2n) is 6.39. The molecular weight excluding hydrogens is 319 g/mol. The summed E-state index contributed by atoms with van der Waals surface area (Å²) in [6, 6.07) is 5.13. The van der Waals surface area contributed by atoms with Crippen LogP contribution in [0, 0.1) is 0 Å². The largest absolute Gasteiger partial charge is 0.416 e. The Kier molecular flexibility index (Phi) is 6.23. The molecule has 1 amide bonds. The third-order valence-corrected chi connectivity index (χ3v) is 4.13. The van der Waals surface area contributed by atoms with E-state index in [0.29, 0.717) is 32.6 Å². The molecule has 24 heavy (non-hydrogen) atoms. The molecule has 1 unspecified atom stereocenters. The zero-order chi connectivity index (χ0) is 17.7. The lowest BCUT2D eigenvalue weighted by molar-refractivity contribution is -0.137. The van der Waals surface area contributed by atoms with Gasteiger partial charge in [0, 0.05) is 45.2 Å². The molecule has 1 aliphatic heterocycles. The van der Waals surface area contributed by atoms with E-state index < -0.39 is 11.7 Å². The van der Waals surface area contributed by atoms with Gasteiger partial charge >= 0.3 is 6.18 Å². The molecule has 7 heteroatoms. The van der Waals surface area contributed by atoms with Crippen LogP contribution >= 0.6 is 0 Å². The number of nitrogens with zero attached hydrogens (tertiary/aromatic N) is 2. The lowest BCUT2D eigenvalue weighted by Gasteiger charge is -2.23. The number of amides is 1. The molecule has 0 aromatic heterocycles. The zero-order valence-electron chi connectivity index (χ0n) is 13.9. The minimum Gasteiger partial charge on any atom is -0.341 e. The Hall–Kier alpha value is -1.60. The summed E-state index contributed by atoms with van der Waals surface area (Å²) in [7, 11) is 0. The maximum Gasteiger partial charge on any atom is 0.416 e. The lowest BCUT2D eigenvalue weighted by Crippen LogP contribution is -2.37. The van der Waals surface area contributed by atoms with Crippen LogP contribution in [0.2, 0.25) is 0 Å². The average molecular weight is 343 g/mol. The molecule has 0 bridgehead atoms. The summed E-state index contributed by atoms with van der Waals surface area (Å²) in [4.78, 5) is 16.1. The number of carbonyl (C=O) groups is 1. The number of alkyl halides is 3. The van der Waals surface area contributed by atoms with Crippen LogP contribution in [0.5, 0.6) is 0 Å². The fourth-order valence-corrected chi connectivity index (χ4v) is 2.84. The van der Waals surface area contributed by atoms with Crippen molar-refractivity contribution in [1.29, 1.82) is 0 Å². The van der Waals surface area contributed by atoms with Gasteiger partial charge in [0.2, 0.25) is 5.91 Å². The van der Waals surface area contributed by atoms with Crippen molar-refractivity contribution in [2.45, 2.75) is 38.5 Å². The van der Waals surface area contributed by atoms with Crippen LogP contribution in [0.3, 0.4) is 0 Å². The Bertz CT molecular complexity index is 543. The van der Waals surface area contributed by atoms with E-state index in [9.17, 15) is 18.0 Å². The van der Waals surface area contributed by atoms with Gasteiger partial charge in [0.05, 0.1) is 5.56 Å². The summed E-state index contributed by atoms with van der Waals surface area (Å²) in [6.45, 7) is 5.27. The van der Waals surface area contributed by atoms with E-state index in [2.05, 4.69) is 4.90 Å². The third kappa shape index (κ3) is 5.49. The minimum absolute atomic E-state index is 0.0707. The van der Waals surface area contributed by atoms with Crippen LogP contribution < -0.4 is 5.73 Å². The highest BCUT2D eigenvalue weighted by Crippen LogP contribution is 2.29. The Balaban J connectivity index is 1.89. The van der Waals surface area contributed by atoms with Crippen LogP contribution in [0.15, 0.2) is 24.3 Å². The summed E-state index contributed by atoms with van der Waals surface area (Å²) in [5.74, 6) is 0.0707. The van der Waals surface area contributed by atoms with Gasteiger partial charge in [-0.1, -0.05) is 12.1 Å². The van der Waals surface area contributed by atoms with Crippen LogP contribution in [0.25, 0.3) is 0 Å². The average Bonchev–Trinajstić information content (AvgIpc) is 2.72. The van der Waals surface area contributed by atoms with Gasteiger partial charge in [-0.15, -0.1) is 0 Å². The smallest absolute Gasteiger partial charge is 0.341 e. The number of hydrogen-bond acceptors (Lipinski definition) is 3. The number of nitrogens with two attached hydrogens (primary N) is 1. The number of rotatable bonds is 4. The predicted octanol–water partition coefficient (Wildman–Crippen LogP) is 2.48. The van der Waals surface area contributed by atoms with Crippen LogP contribution in [-0.4, -0.2) is 47.9 Å². The minimum atomic E-state index is -4.30. The molecule has 4 nitrogen and oxygen atoms in total. The SMILES string of the molecule is CC(N)CC(=O)N1CCCN(Cc2ccc(C(F)(F)F)cc2)CC1. The Morgan fingerprint density at radius 2 is 1.83 bits per heavy atom. The van der Waals surface area contributed by atoms with Crippen molar-refractivity contribution in [2.75, 3.05) is 26.2 Å². The van der Waals surface area contributed by atoms with E-state index in [1.807, 2.05) is 11.8 Å². The van der Waals surface area contributed by atoms with E-state index >= 15 is 0 Å². The first-order chi connectivity index (χ1) is 11.3. The van der Waals surface area contributed by atoms with E-state index in [1.54, 1.807) is 0 Å². The molecule has 0 radical (unpaired) electrons. The van der Waals surface area contributed by atoms with Crippen molar-refractivity contribution in [2.24, 2.45) is 5.73 Å². The zero-order valence-corrected chi connectivity index (χ0v) is 13.9. The Morgan fingerprint density at radius 1 is 1.17 bits per heavy atom. The van der Waals surface area contributed by atoms with Crippen molar-refractivity contribution < 1.29 is 18.0 Å². The van der Waals surface area contributed by atoms with Crippen molar-refractivity contribution in [3.63, 3.8) is 0 Å². The van der Waals surface area contributed by atoms with Crippen LogP contribution in [-0.2, 0) is 17.5 Å². The third-order valence-electron chi connectivity index (χ3n) is 4.13. The van der Waals surface area contributed by atoms with Gasteiger partial charge in [-0.05, 0) is 31.0 Å². The molecule has 1 aromatic rings. The first-order valence-corrected chi connectivity index (χ1v) is 8.17. The molecule has 1 atom stereocenters. The summed E-state index contributed by atoms with van der Waals surface area (Å²) < 4.78 is 37.8. The van der Waals surface area contributed by atoms with Gasteiger partial charge in [-0.25, -0.2) is 0 Å². The van der Waals surface area contributed by atoms with Gasteiger partial charge in [-0.2, -0.15) is 13.2 Å². The van der Waals surface area contributed by atoms with E-state index in [-0.39, 0.29) is 11.9 Å². The first kappa shape index (κ1) is 18.7. The van der Waals surface area contributed by atoms with Gasteiger partial charge in [0.15, 0.2) is 0 Å². The molecule has 2 N–H and O–H groups in total. The molecule has 1 aromatic carbocycles.